The first-order valence-electron chi connectivity index (χ1n) is 7.47. The minimum atomic E-state index is -5.33. The average molecular weight is 417 g/mol. The Bertz CT molecular complexity index is 1140. The number of sulfone groups is 1. The molecule has 0 unspecified atom stereocenters. The van der Waals surface area contributed by atoms with Crippen molar-refractivity contribution in [2.45, 2.75) is 23.0 Å². The fourth-order valence-corrected chi connectivity index (χ4v) is 3.68. The van der Waals surface area contributed by atoms with Crippen LogP contribution in [0.1, 0.15) is 21.5 Å². The summed E-state index contributed by atoms with van der Waals surface area (Å²) in [5, 5.41) is 8.82. The molecule has 146 valence electrons. The van der Waals surface area contributed by atoms with Gasteiger partial charge in [0.05, 0.1) is 10.5 Å². The van der Waals surface area contributed by atoms with Crippen molar-refractivity contribution in [1.29, 1.82) is 5.26 Å². The van der Waals surface area contributed by atoms with Gasteiger partial charge in [0.15, 0.2) is 0 Å². The summed E-state index contributed by atoms with van der Waals surface area (Å²) in [7, 11) is -5.33. The summed E-state index contributed by atoms with van der Waals surface area (Å²) in [6.07, 6.45) is -1.25. The molecule has 2 aromatic carbocycles. The lowest BCUT2D eigenvalue weighted by Gasteiger charge is -2.13. The van der Waals surface area contributed by atoms with Crippen molar-refractivity contribution >= 4 is 15.6 Å². The van der Waals surface area contributed by atoms with Crippen LogP contribution in [0.4, 0.5) is 22.0 Å². The van der Waals surface area contributed by atoms with Crippen LogP contribution in [0.25, 0.3) is 0 Å². The molecular formula is C17H8F5NO4S. The molecule has 1 aliphatic rings. The summed E-state index contributed by atoms with van der Waals surface area (Å²) in [5.74, 6) is -11.3. The Balaban J connectivity index is 2.17. The Morgan fingerprint density at radius 1 is 1.18 bits per heavy atom. The summed E-state index contributed by atoms with van der Waals surface area (Å²) >= 11 is 0. The molecule has 3 rings (SSSR count). The lowest BCUT2D eigenvalue weighted by atomic mass is 10.1. The first kappa shape index (κ1) is 19.8. The fraction of sp³-hybridized carbons (Fsp3) is 0.176. The molecule has 0 aromatic heterocycles. The van der Waals surface area contributed by atoms with E-state index in [0.29, 0.717) is 6.07 Å². The van der Waals surface area contributed by atoms with Gasteiger partial charge in [-0.3, -0.25) is 4.79 Å². The van der Waals surface area contributed by atoms with Gasteiger partial charge >= 0.3 is 11.7 Å². The van der Waals surface area contributed by atoms with Crippen molar-refractivity contribution in [2.75, 3.05) is 0 Å². The predicted molar refractivity (Wildman–Crippen MR) is 83.8 cm³/mol. The smallest absolute Gasteiger partial charge is 0.341 e. The van der Waals surface area contributed by atoms with Crippen molar-refractivity contribution in [3.63, 3.8) is 0 Å². The summed E-state index contributed by atoms with van der Waals surface area (Å²) in [6, 6.07) is 5.87. The molecule has 0 atom stereocenters. The van der Waals surface area contributed by atoms with Gasteiger partial charge in [0, 0.05) is 23.6 Å². The Morgan fingerprint density at radius 2 is 1.86 bits per heavy atom. The highest BCUT2D eigenvalue weighted by atomic mass is 32.2. The van der Waals surface area contributed by atoms with Gasteiger partial charge in [0.2, 0.25) is 15.6 Å². The number of rotatable bonds is 4. The second-order valence-electron chi connectivity index (χ2n) is 5.79. The molecule has 0 N–H and O–H groups in total. The van der Waals surface area contributed by atoms with E-state index < -0.39 is 66.9 Å². The second kappa shape index (κ2) is 6.56. The molecule has 0 heterocycles. The molecule has 1 aliphatic carbocycles. The highest BCUT2D eigenvalue weighted by molar-refractivity contribution is 7.91. The molecule has 5 nitrogen and oxygen atoms in total. The molecule has 0 fully saturated rings. The Hall–Kier alpha value is -3.00. The molecule has 28 heavy (non-hydrogen) atoms. The van der Waals surface area contributed by atoms with Crippen LogP contribution in [-0.2, 0) is 16.3 Å². The first-order chi connectivity index (χ1) is 13.0. The standard InChI is InChI=1S/C17H8F5NO4S/c18-11-2-1-9(5-8(11)7-23)27-12-3-4-13(28(25,26)16(19)20)14-10(12)6-17(21,22)15(14)24/h1-5,16H,6H2. The predicted octanol–water partition coefficient (Wildman–Crippen LogP) is 3.86. The van der Waals surface area contributed by atoms with Crippen molar-refractivity contribution in [3.05, 3.63) is 52.8 Å². The van der Waals surface area contributed by atoms with E-state index in [1.54, 1.807) is 6.07 Å². The topological polar surface area (TPSA) is 84.2 Å². The van der Waals surface area contributed by atoms with E-state index in [0.717, 1.165) is 24.3 Å². The number of carbonyl (C=O) groups excluding carboxylic acids is 1. The highest BCUT2D eigenvalue weighted by Crippen LogP contribution is 2.44. The lowest BCUT2D eigenvalue weighted by Crippen LogP contribution is -2.25. The van der Waals surface area contributed by atoms with E-state index in [-0.39, 0.29) is 5.75 Å². The van der Waals surface area contributed by atoms with Crippen LogP contribution in [0.15, 0.2) is 35.2 Å². The Labute approximate surface area is 154 Å². The zero-order valence-corrected chi connectivity index (χ0v) is 14.4. The van der Waals surface area contributed by atoms with E-state index in [4.69, 9.17) is 10.00 Å². The van der Waals surface area contributed by atoms with Crippen molar-refractivity contribution in [1.82, 2.24) is 0 Å². The van der Waals surface area contributed by atoms with Gasteiger partial charge in [-0.2, -0.15) is 22.8 Å². The molecule has 0 amide bonds. The number of nitrogens with zero attached hydrogens (tertiary/aromatic N) is 1. The summed E-state index contributed by atoms with van der Waals surface area (Å²) in [6.45, 7) is 0. The van der Waals surface area contributed by atoms with Crippen LogP contribution < -0.4 is 4.74 Å². The Morgan fingerprint density at radius 3 is 2.46 bits per heavy atom. The number of ketones is 1. The van der Waals surface area contributed by atoms with Crippen LogP contribution in [0.2, 0.25) is 0 Å². The van der Waals surface area contributed by atoms with Crippen molar-refractivity contribution in [3.8, 4) is 17.6 Å². The minimum Gasteiger partial charge on any atom is -0.457 e. The van der Waals surface area contributed by atoms with Crippen LogP contribution in [-0.4, -0.2) is 25.9 Å². The second-order valence-corrected chi connectivity index (χ2v) is 7.67. The zero-order chi connectivity index (χ0) is 20.9. The monoisotopic (exact) mass is 417 g/mol. The molecule has 11 heteroatoms. The molecular weight excluding hydrogens is 409 g/mol. The van der Waals surface area contributed by atoms with Gasteiger partial charge < -0.3 is 4.74 Å². The van der Waals surface area contributed by atoms with Crippen LogP contribution in [0.5, 0.6) is 11.5 Å². The number of benzene rings is 2. The van der Waals surface area contributed by atoms with Crippen molar-refractivity contribution < 1.29 is 39.9 Å². The molecule has 0 aliphatic heterocycles. The van der Waals surface area contributed by atoms with Gasteiger partial charge in [0.1, 0.15) is 23.4 Å². The lowest BCUT2D eigenvalue weighted by molar-refractivity contribution is 0.0165. The normalized spacial score (nSPS) is 15.4. The van der Waals surface area contributed by atoms with Crippen molar-refractivity contribution in [2.24, 2.45) is 0 Å². The molecule has 2 aromatic rings. The van der Waals surface area contributed by atoms with Gasteiger partial charge in [-0.25, -0.2) is 12.8 Å². The van der Waals surface area contributed by atoms with E-state index >= 15 is 0 Å². The van der Waals surface area contributed by atoms with Gasteiger partial charge in [-0.1, -0.05) is 0 Å². The maximum absolute atomic E-state index is 13.9. The number of ether oxygens (including phenoxy) is 1. The number of carbonyl (C=O) groups is 1. The summed E-state index contributed by atoms with van der Waals surface area (Å²) < 4.78 is 95.8. The first-order valence-corrected chi connectivity index (χ1v) is 9.01. The van der Waals surface area contributed by atoms with E-state index in [2.05, 4.69) is 0 Å². The van der Waals surface area contributed by atoms with E-state index in [1.807, 2.05) is 0 Å². The third-order valence-electron chi connectivity index (χ3n) is 4.02. The quantitative estimate of drug-likeness (QED) is 0.706. The molecule has 0 saturated carbocycles. The number of nitriles is 1. The third-order valence-corrected chi connectivity index (χ3v) is 5.44. The Kier molecular flexibility index (Phi) is 4.63. The molecule has 0 bridgehead atoms. The van der Waals surface area contributed by atoms with Crippen LogP contribution in [0, 0.1) is 17.1 Å². The van der Waals surface area contributed by atoms with Crippen LogP contribution in [0.3, 0.4) is 0 Å². The molecule has 0 spiro atoms. The zero-order valence-electron chi connectivity index (χ0n) is 13.5. The number of hydrogen-bond acceptors (Lipinski definition) is 5. The maximum atomic E-state index is 13.9. The number of fused-ring (bicyclic) bond motifs is 1. The number of alkyl halides is 4. The third kappa shape index (κ3) is 3.09. The molecule has 0 radical (unpaired) electrons. The van der Waals surface area contributed by atoms with E-state index in [9.17, 15) is 35.2 Å². The van der Waals surface area contributed by atoms with Gasteiger partial charge in [-0.15, -0.1) is 0 Å². The van der Waals surface area contributed by atoms with Gasteiger partial charge in [0.25, 0.3) is 0 Å². The molecule has 0 saturated heterocycles. The van der Waals surface area contributed by atoms with Crippen LogP contribution >= 0.6 is 0 Å². The summed E-state index contributed by atoms with van der Waals surface area (Å²) in [4.78, 5) is 10.7. The summed E-state index contributed by atoms with van der Waals surface area (Å²) in [5.41, 5.74) is -2.04. The maximum Gasteiger partial charge on any atom is 0.341 e. The number of hydrogen-bond donors (Lipinski definition) is 0. The average Bonchev–Trinajstić information content (AvgIpc) is 2.87. The van der Waals surface area contributed by atoms with E-state index in [1.165, 1.54) is 0 Å². The van der Waals surface area contributed by atoms with Gasteiger partial charge in [-0.05, 0) is 24.3 Å². The SMILES string of the molecule is N#Cc1cc(Oc2ccc(S(=O)(=O)C(F)F)c3c2CC(F)(F)C3=O)ccc1F. The number of halogens is 5. The number of Topliss-reactive ketones (excluding diaryl/α,β-unsaturated/α-hetero) is 1. The largest absolute Gasteiger partial charge is 0.457 e. The minimum absolute atomic E-state index is 0.160. The fourth-order valence-electron chi connectivity index (χ4n) is 2.73. The highest BCUT2D eigenvalue weighted by Gasteiger charge is 2.51.